The van der Waals surface area contributed by atoms with Crippen molar-refractivity contribution in [3.05, 3.63) is 83.7 Å². The van der Waals surface area contributed by atoms with Gasteiger partial charge < -0.3 is 19.5 Å². The van der Waals surface area contributed by atoms with E-state index in [1.165, 1.54) is 11.0 Å². The van der Waals surface area contributed by atoms with E-state index in [-0.39, 0.29) is 13.0 Å². The van der Waals surface area contributed by atoms with Crippen LogP contribution < -0.4 is 14.4 Å². The van der Waals surface area contributed by atoms with Crippen LogP contribution in [-0.4, -0.2) is 35.8 Å². The first-order chi connectivity index (χ1) is 15.8. The van der Waals surface area contributed by atoms with E-state index in [0.717, 1.165) is 12.3 Å². The fourth-order valence-electron chi connectivity index (χ4n) is 3.47. The first-order valence-electron chi connectivity index (χ1n) is 10.3. The van der Waals surface area contributed by atoms with Gasteiger partial charge in [-0.3, -0.25) is 9.78 Å². The van der Waals surface area contributed by atoms with Crippen molar-refractivity contribution in [1.82, 2.24) is 4.98 Å². The molecule has 33 heavy (non-hydrogen) atoms. The van der Waals surface area contributed by atoms with Crippen LogP contribution in [0.25, 0.3) is 0 Å². The van der Waals surface area contributed by atoms with Gasteiger partial charge in [-0.1, -0.05) is 36.4 Å². The van der Waals surface area contributed by atoms with Gasteiger partial charge in [0.05, 0.1) is 0 Å². The van der Waals surface area contributed by atoms with E-state index in [1.807, 2.05) is 0 Å². The molecular weight excluding hydrogens is 437 g/mol. The van der Waals surface area contributed by atoms with Crippen LogP contribution >= 0.6 is 0 Å². The molecule has 0 saturated carbocycles. The van der Waals surface area contributed by atoms with Crippen molar-refractivity contribution in [2.24, 2.45) is 0 Å². The summed E-state index contributed by atoms with van der Waals surface area (Å²) in [5.74, 6) is 0.452. The van der Waals surface area contributed by atoms with Gasteiger partial charge in [-0.15, -0.1) is 0 Å². The highest BCUT2D eigenvalue weighted by molar-refractivity contribution is 5.97. The van der Waals surface area contributed by atoms with Crippen LogP contribution in [0.4, 0.5) is 18.9 Å². The minimum Gasteiger partial charge on any atom is -0.486 e. The summed E-state index contributed by atoms with van der Waals surface area (Å²) in [5, 5.41) is 10.7. The molecule has 0 aliphatic carbocycles. The third-order valence-corrected chi connectivity index (χ3v) is 5.19. The molecule has 0 fully saturated rings. The fraction of sp³-hybridized carbons (Fsp3) is 0.250. The number of hydrogen-bond acceptors (Lipinski definition) is 5. The molecule has 0 radical (unpaired) electrons. The SMILES string of the molecule is O=C(C(O)c1ccccc1)N(CCc1ccc(C(F)(F)F)nc1)c1ccc2c(c1)OCCO2. The number of amides is 1. The largest absolute Gasteiger partial charge is 0.486 e. The molecule has 1 aliphatic heterocycles. The predicted molar refractivity (Wildman–Crippen MR) is 114 cm³/mol. The number of aromatic nitrogens is 1. The number of nitrogens with zero attached hydrogens (tertiary/aromatic N) is 2. The normalized spacial score (nSPS) is 13.9. The second-order valence-electron chi connectivity index (χ2n) is 7.43. The number of halogens is 3. The molecule has 0 bridgehead atoms. The number of alkyl halides is 3. The van der Waals surface area contributed by atoms with Gasteiger partial charge in [0, 0.05) is 24.5 Å². The number of carbonyl (C=O) groups excluding carboxylic acids is 1. The number of carbonyl (C=O) groups is 1. The minimum atomic E-state index is -4.52. The molecule has 1 aromatic heterocycles. The zero-order valence-electron chi connectivity index (χ0n) is 17.5. The number of anilines is 1. The van der Waals surface area contributed by atoms with Crippen LogP contribution in [0.2, 0.25) is 0 Å². The minimum absolute atomic E-state index is 0.107. The average Bonchev–Trinajstić information content (AvgIpc) is 2.83. The van der Waals surface area contributed by atoms with Gasteiger partial charge in [0.1, 0.15) is 18.9 Å². The van der Waals surface area contributed by atoms with Crippen LogP contribution in [0, 0.1) is 0 Å². The van der Waals surface area contributed by atoms with E-state index in [9.17, 15) is 23.1 Å². The van der Waals surface area contributed by atoms with Gasteiger partial charge in [-0.05, 0) is 35.7 Å². The van der Waals surface area contributed by atoms with Crippen LogP contribution in [0.3, 0.4) is 0 Å². The fourth-order valence-corrected chi connectivity index (χ4v) is 3.47. The maximum atomic E-state index is 13.3. The lowest BCUT2D eigenvalue weighted by molar-refractivity contribution is -0.141. The van der Waals surface area contributed by atoms with Gasteiger partial charge in [0.2, 0.25) is 0 Å². The molecule has 1 unspecified atom stereocenters. The maximum absolute atomic E-state index is 13.3. The number of pyridine rings is 1. The highest BCUT2D eigenvalue weighted by Gasteiger charge is 2.32. The summed E-state index contributed by atoms with van der Waals surface area (Å²) < 4.78 is 49.5. The standard InChI is InChI=1S/C24H21F3N2O4/c25-24(26,27)21-9-6-16(15-28-21)10-11-29(23(31)22(30)17-4-2-1-3-5-17)18-7-8-19-20(14-18)33-13-12-32-19/h1-9,14-15,22,30H,10-13H2. The zero-order chi connectivity index (χ0) is 23.4. The first-order valence-corrected chi connectivity index (χ1v) is 10.3. The molecule has 6 nitrogen and oxygen atoms in total. The Balaban J connectivity index is 1.59. The van der Waals surface area contributed by atoms with Gasteiger partial charge in [-0.25, -0.2) is 0 Å². The molecule has 0 spiro atoms. The van der Waals surface area contributed by atoms with E-state index in [4.69, 9.17) is 9.47 Å². The van der Waals surface area contributed by atoms with Crippen molar-refractivity contribution in [3.8, 4) is 11.5 Å². The summed E-state index contributed by atoms with van der Waals surface area (Å²) in [4.78, 5) is 18.1. The number of aliphatic hydroxyl groups is 1. The van der Waals surface area contributed by atoms with Crippen molar-refractivity contribution in [3.63, 3.8) is 0 Å². The molecule has 4 rings (SSSR count). The Morgan fingerprint density at radius 2 is 1.76 bits per heavy atom. The van der Waals surface area contributed by atoms with E-state index in [1.54, 1.807) is 48.5 Å². The second kappa shape index (κ2) is 9.50. The van der Waals surface area contributed by atoms with Crippen LogP contribution in [0.5, 0.6) is 11.5 Å². The smallest absolute Gasteiger partial charge is 0.433 e. The average molecular weight is 458 g/mol. The Morgan fingerprint density at radius 3 is 2.42 bits per heavy atom. The highest BCUT2D eigenvalue weighted by Crippen LogP contribution is 2.35. The summed E-state index contributed by atoms with van der Waals surface area (Å²) in [6.45, 7) is 0.895. The monoisotopic (exact) mass is 458 g/mol. The van der Waals surface area contributed by atoms with Crippen molar-refractivity contribution in [2.45, 2.75) is 18.7 Å². The zero-order valence-corrected chi connectivity index (χ0v) is 17.5. The summed E-state index contributed by atoms with van der Waals surface area (Å²) in [7, 11) is 0. The Kier molecular flexibility index (Phi) is 6.50. The second-order valence-corrected chi connectivity index (χ2v) is 7.43. The van der Waals surface area contributed by atoms with Gasteiger partial charge in [0.15, 0.2) is 17.6 Å². The topological polar surface area (TPSA) is 71.9 Å². The Morgan fingerprint density at radius 1 is 1.03 bits per heavy atom. The summed E-state index contributed by atoms with van der Waals surface area (Å²) in [6.07, 6.45) is -4.56. The predicted octanol–water partition coefficient (Wildman–Crippen LogP) is 4.18. The van der Waals surface area contributed by atoms with Crippen LogP contribution in [0.15, 0.2) is 66.9 Å². The molecule has 1 amide bonds. The Bertz CT molecular complexity index is 1100. The quantitative estimate of drug-likeness (QED) is 0.600. The Labute approximate surface area is 188 Å². The summed E-state index contributed by atoms with van der Waals surface area (Å²) in [5.41, 5.74) is 0.443. The lowest BCUT2D eigenvalue weighted by Gasteiger charge is -2.27. The highest BCUT2D eigenvalue weighted by atomic mass is 19.4. The number of rotatable bonds is 6. The van der Waals surface area contributed by atoms with Gasteiger partial charge >= 0.3 is 6.18 Å². The lowest BCUT2D eigenvalue weighted by Crippen LogP contribution is -2.37. The third kappa shape index (κ3) is 5.25. The van der Waals surface area contributed by atoms with Gasteiger partial charge in [-0.2, -0.15) is 13.2 Å². The maximum Gasteiger partial charge on any atom is 0.433 e. The number of ether oxygens (including phenoxy) is 2. The van der Waals surface area contributed by atoms with E-state index in [2.05, 4.69) is 4.98 Å². The van der Waals surface area contributed by atoms with Crippen molar-refractivity contribution in [2.75, 3.05) is 24.7 Å². The molecule has 9 heteroatoms. The number of aliphatic hydroxyl groups excluding tert-OH is 1. The molecule has 2 aromatic carbocycles. The number of hydrogen-bond donors (Lipinski definition) is 1. The summed E-state index contributed by atoms with van der Waals surface area (Å²) in [6, 6.07) is 15.7. The van der Waals surface area contributed by atoms with Crippen LogP contribution in [0.1, 0.15) is 22.9 Å². The lowest BCUT2D eigenvalue weighted by atomic mass is 10.1. The van der Waals surface area contributed by atoms with Crippen molar-refractivity contribution >= 4 is 11.6 Å². The number of fused-ring (bicyclic) bond motifs is 1. The first kappa shape index (κ1) is 22.6. The number of benzene rings is 2. The molecule has 172 valence electrons. The summed E-state index contributed by atoms with van der Waals surface area (Å²) >= 11 is 0. The molecule has 0 saturated heterocycles. The van der Waals surface area contributed by atoms with Crippen molar-refractivity contribution in [1.29, 1.82) is 0 Å². The van der Waals surface area contributed by atoms with Gasteiger partial charge in [0.25, 0.3) is 5.91 Å². The van der Waals surface area contributed by atoms with Crippen molar-refractivity contribution < 1.29 is 32.5 Å². The molecule has 1 aliphatic rings. The van der Waals surface area contributed by atoms with Crippen LogP contribution in [-0.2, 0) is 17.4 Å². The van der Waals surface area contributed by atoms with E-state index in [0.29, 0.717) is 41.5 Å². The van der Waals surface area contributed by atoms with E-state index >= 15 is 0 Å². The molecule has 1 N–H and O–H groups in total. The van der Waals surface area contributed by atoms with E-state index < -0.39 is 23.9 Å². The Hall–Kier alpha value is -3.59. The molecule has 1 atom stereocenters. The third-order valence-electron chi connectivity index (χ3n) is 5.19. The molecular formula is C24H21F3N2O4. The molecule has 2 heterocycles. The molecule has 3 aromatic rings.